The van der Waals surface area contributed by atoms with E-state index in [1.165, 1.54) is 6.07 Å². The molecule has 0 radical (unpaired) electrons. The van der Waals surface area contributed by atoms with Gasteiger partial charge in [-0.15, -0.1) is 0 Å². The van der Waals surface area contributed by atoms with E-state index >= 15 is 0 Å². The third-order valence-corrected chi connectivity index (χ3v) is 1.75. The zero-order valence-electron chi connectivity index (χ0n) is 9.90. The highest BCUT2D eigenvalue weighted by Crippen LogP contribution is 1.86. The van der Waals surface area contributed by atoms with Crippen molar-refractivity contribution >= 4 is 18.1 Å². The van der Waals surface area contributed by atoms with Crippen LogP contribution in [0.3, 0.4) is 0 Å². The Bertz CT molecular complexity index is 475. The lowest BCUT2D eigenvalue weighted by Crippen LogP contribution is -2.29. The number of aromatic nitrogens is 1. The molecule has 0 aliphatic rings. The van der Waals surface area contributed by atoms with E-state index in [0.717, 1.165) is 5.22 Å². The summed E-state index contributed by atoms with van der Waals surface area (Å²) in [7, 11) is 0. The second-order valence-electron chi connectivity index (χ2n) is 2.67. The van der Waals surface area contributed by atoms with E-state index in [0.29, 0.717) is 5.35 Å². The Morgan fingerprint density at radius 3 is 2.50 bits per heavy atom. The largest absolute Gasteiger partial charge is 0.477 e. The Labute approximate surface area is 95.5 Å². The van der Waals surface area contributed by atoms with Crippen LogP contribution in [0, 0.1) is 0 Å². The van der Waals surface area contributed by atoms with E-state index in [2.05, 4.69) is 11.6 Å². The first-order valence-electron chi connectivity index (χ1n) is 5.18. The zero-order chi connectivity index (χ0) is 12.6. The van der Waals surface area contributed by atoms with E-state index in [1.54, 1.807) is 24.3 Å². The molecule has 1 rings (SSSR count). The Kier molecular flexibility index (Phi) is 6.52. The average Bonchev–Trinajstić information content (AvgIpc) is 2.32. The zero-order valence-corrected chi connectivity index (χ0v) is 9.90. The number of aromatic carboxylic acids is 1. The van der Waals surface area contributed by atoms with E-state index in [9.17, 15) is 4.79 Å². The number of pyridine rings is 1. The van der Waals surface area contributed by atoms with Crippen LogP contribution in [0.5, 0.6) is 0 Å². The van der Waals surface area contributed by atoms with Crippen molar-refractivity contribution in [1.29, 1.82) is 0 Å². The molecular weight excluding hydrogens is 202 g/mol. The highest BCUT2D eigenvalue weighted by molar-refractivity contribution is 5.85. The van der Waals surface area contributed by atoms with Gasteiger partial charge in [0.25, 0.3) is 0 Å². The fourth-order valence-electron chi connectivity index (χ4n) is 1.10. The molecule has 0 aliphatic heterocycles. The minimum atomic E-state index is -1.02. The SMILES string of the molecule is C=C/C=c1/ccc(C(=O)O)n/c1=C/C.CC. The lowest BCUT2D eigenvalue weighted by molar-refractivity contribution is 0.0690. The van der Waals surface area contributed by atoms with Crippen molar-refractivity contribution in [2.24, 2.45) is 0 Å². The molecule has 86 valence electrons. The quantitative estimate of drug-likeness (QED) is 0.821. The fraction of sp³-hybridized carbons (Fsp3) is 0.231. The number of nitrogens with zero attached hydrogens (tertiary/aromatic N) is 1. The highest BCUT2D eigenvalue weighted by Gasteiger charge is 2.02. The van der Waals surface area contributed by atoms with Gasteiger partial charge in [-0.25, -0.2) is 9.78 Å². The molecule has 0 saturated carbocycles. The van der Waals surface area contributed by atoms with Gasteiger partial charge in [0.05, 0.1) is 5.35 Å². The third kappa shape index (κ3) is 3.69. The van der Waals surface area contributed by atoms with Crippen LogP contribution in [0.25, 0.3) is 12.2 Å². The smallest absolute Gasteiger partial charge is 0.354 e. The Hall–Kier alpha value is -1.90. The van der Waals surface area contributed by atoms with Crippen LogP contribution in [0.15, 0.2) is 24.8 Å². The van der Waals surface area contributed by atoms with Crippen LogP contribution in [0.2, 0.25) is 0 Å². The van der Waals surface area contributed by atoms with Crippen molar-refractivity contribution in [2.75, 3.05) is 0 Å². The number of carboxylic acid groups (broad SMARTS) is 1. The predicted octanol–water partition coefficient (Wildman–Crippen LogP) is 1.57. The van der Waals surface area contributed by atoms with Crippen molar-refractivity contribution in [1.82, 2.24) is 4.98 Å². The Morgan fingerprint density at radius 2 is 2.06 bits per heavy atom. The van der Waals surface area contributed by atoms with Gasteiger partial charge in [-0.05, 0) is 18.2 Å². The number of carbonyl (C=O) groups is 1. The molecular formula is C13H17NO2. The number of hydrogen-bond donors (Lipinski definition) is 1. The van der Waals surface area contributed by atoms with Gasteiger partial charge in [-0.2, -0.15) is 0 Å². The number of carboxylic acids is 1. The summed E-state index contributed by atoms with van der Waals surface area (Å²) in [6.45, 7) is 9.39. The molecule has 3 heteroatoms. The van der Waals surface area contributed by atoms with E-state index in [4.69, 9.17) is 5.11 Å². The molecule has 16 heavy (non-hydrogen) atoms. The standard InChI is InChI=1S/C11H11NO2.C2H6/c1-3-5-8-6-7-10(11(13)14)12-9(8)4-2;1-2/h3-7H,1H2,2H3,(H,13,14);1-2H3/b8-5-,9-4+;. The molecule has 0 amide bonds. The normalized spacial score (nSPS) is 11.7. The monoisotopic (exact) mass is 219 g/mol. The molecule has 1 N–H and O–H groups in total. The van der Waals surface area contributed by atoms with Gasteiger partial charge in [-0.3, -0.25) is 0 Å². The molecule has 0 unspecified atom stereocenters. The lowest BCUT2D eigenvalue weighted by atomic mass is 10.2. The maximum atomic E-state index is 10.6. The molecule has 1 heterocycles. The van der Waals surface area contributed by atoms with E-state index in [-0.39, 0.29) is 5.69 Å². The molecule has 1 aromatic rings. The van der Waals surface area contributed by atoms with Crippen LogP contribution in [0.4, 0.5) is 0 Å². The summed E-state index contributed by atoms with van der Waals surface area (Å²) < 4.78 is 0. The molecule has 0 atom stereocenters. The van der Waals surface area contributed by atoms with Gasteiger partial charge >= 0.3 is 5.97 Å². The number of rotatable bonds is 2. The lowest BCUT2D eigenvalue weighted by Gasteiger charge is -1.93. The second-order valence-corrected chi connectivity index (χ2v) is 2.67. The molecule has 0 fully saturated rings. The fourth-order valence-corrected chi connectivity index (χ4v) is 1.10. The summed E-state index contributed by atoms with van der Waals surface area (Å²) in [5.41, 5.74) is 0.0549. The van der Waals surface area contributed by atoms with Crippen molar-refractivity contribution < 1.29 is 9.90 Å². The topological polar surface area (TPSA) is 50.2 Å². The van der Waals surface area contributed by atoms with Crippen molar-refractivity contribution in [2.45, 2.75) is 20.8 Å². The molecule has 0 saturated heterocycles. The summed E-state index contributed by atoms with van der Waals surface area (Å²) in [6.07, 6.45) is 5.19. The van der Waals surface area contributed by atoms with Gasteiger partial charge < -0.3 is 5.11 Å². The highest BCUT2D eigenvalue weighted by atomic mass is 16.4. The van der Waals surface area contributed by atoms with Gasteiger partial charge in [0, 0.05) is 0 Å². The molecule has 1 aromatic heterocycles. The minimum Gasteiger partial charge on any atom is -0.477 e. The maximum Gasteiger partial charge on any atom is 0.354 e. The third-order valence-electron chi connectivity index (χ3n) is 1.75. The molecule has 3 nitrogen and oxygen atoms in total. The van der Waals surface area contributed by atoms with Gasteiger partial charge in [0.1, 0.15) is 5.69 Å². The Balaban J connectivity index is 0.00000106. The van der Waals surface area contributed by atoms with Crippen LogP contribution in [0.1, 0.15) is 31.3 Å². The van der Waals surface area contributed by atoms with Crippen LogP contribution < -0.4 is 10.6 Å². The van der Waals surface area contributed by atoms with Crippen LogP contribution >= 0.6 is 0 Å². The molecule has 0 aliphatic carbocycles. The van der Waals surface area contributed by atoms with Gasteiger partial charge in [0.15, 0.2) is 0 Å². The van der Waals surface area contributed by atoms with Gasteiger partial charge in [-0.1, -0.05) is 44.7 Å². The molecule has 0 bridgehead atoms. The molecule has 0 aromatic carbocycles. The van der Waals surface area contributed by atoms with Crippen molar-refractivity contribution in [3.05, 3.63) is 41.0 Å². The number of allylic oxidation sites excluding steroid dienone is 1. The maximum absolute atomic E-state index is 10.6. The molecule has 0 spiro atoms. The van der Waals surface area contributed by atoms with Crippen LogP contribution in [-0.4, -0.2) is 16.1 Å². The first-order chi connectivity index (χ1) is 7.69. The van der Waals surface area contributed by atoms with Crippen molar-refractivity contribution in [3.63, 3.8) is 0 Å². The first kappa shape index (κ1) is 14.1. The summed E-state index contributed by atoms with van der Waals surface area (Å²) in [5, 5.41) is 10.2. The second kappa shape index (κ2) is 7.40. The van der Waals surface area contributed by atoms with Gasteiger partial charge in [0.2, 0.25) is 0 Å². The average molecular weight is 219 g/mol. The summed E-state index contributed by atoms with van der Waals surface area (Å²) in [6, 6.07) is 3.19. The van der Waals surface area contributed by atoms with Crippen molar-refractivity contribution in [3.8, 4) is 0 Å². The minimum absolute atomic E-state index is 0.0549. The Morgan fingerprint density at radius 1 is 1.44 bits per heavy atom. The van der Waals surface area contributed by atoms with Crippen LogP contribution in [-0.2, 0) is 0 Å². The number of hydrogen-bond acceptors (Lipinski definition) is 2. The summed E-state index contributed by atoms with van der Waals surface area (Å²) >= 11 is 0. The summed E-state index contributed by atoms with van der Waals surface area (Å²) in [4.78, 5) is 14.6. The predicted molar refractivity (Wildman–Crippen MR) is 66.6 cm³/mol. The van der Waals surface area contributed by atoms with E-state index in [1.807, 2.05) is 20.8 Å². The first-order valence-corrected chi connectivity index (χ1v) is 5.18. The summed E-state index contributed by atoms with van der Waals surface area (Å²) in [5.74, 6) is -1.02. The van der Waals surface area contributed by atoms with E-state index < -0.39 is 5.97 Å².